The minimum Gasteiger partial charge on any atom is -0.508 e. The fourth-order valence-corrected chi connectivity index (χ4v) is 3.02. The van der Waals surface area contributed by atoms with Crippen LogP contribution in [0.1, 0.15) is 16.7 Å². The number of phenolic OH excluding ortho intramolecular Hbond substituents is 1. The predicted molar refractivity (Wildman–Crippen MR) is 99.5 cm³/mol. The first kappa shape index (κ1) is 16.2. The maximum Gasteiger partial charge on any atom is 0.262 e. The molecule has 26 heavy (non-hydrogen) atoms. The molecule has 0 saturated heterocycles. The van der Waals surface area contributed by atoms with Crippen molar-refractivity contribution >= 4 is 11.5 Å². The summed E-state index contributed by atoms with van der Waals surface area (Å²) in [6.45, 7) is 0. The van der Waals surface area contributed by atoms with Crippen molar-refractivity contribution in [3.63, 3.8) is 0 Å². The molecule has 0 aromatic heterocycles. The van der Waals surface area contributed by atoms with Gasteiger partial charge >= 0.3 is 0 Å². The Morgan fingerprint density at radius 2 is 1.42 bits per heavy atom. The summed E-state index contributed by atoms with van der Waals surface area (Å²) in [6, 6.07) is 25.3. The molecule has 1 atom stereocenters. The molecule has 128 valence electrons. The van der Waals surface area contributed by atoms with Gasteiger partial charge in [0, 0.05) is 16.7 Å². The van der Waals surface area contributed by atoms with Crippen LogP contribution in [0.25, 0.3) is 0 Å². The van der Waals surface area contributed by atoms with Crippen molar-refractivity contribution in [2.75, 3.05) is 0 Å². The Morgan fingerprint density at radius 3 is 2.08 bits per heavy atom. The first-order chi connectivity index (χ1) is 12.7. The van der Waals surface area contributed by atoms with Gasteiger partial charge < -0.3 is 5.11 Å². The van der Waals surface area contributed by atoms with E-state index in [1.807, 2.05) is 60.7 Å². The van der Waals surface area contributed by atoms with Crippen molar-refractivity contribution in [2.24, 2.45) is 9.98 Å². The summed E-state index contributed by atoms with van der Waals surface area (Å²) in [5, 5.41) is 19.7. The Balaban J connectivity index is 1.93. The number of hydrogen-bond donors (Lipinski definition) is 2. The Hall–Kier alpha value is -3.28. The lowest BCUT2D eigenvalue weighted by molar-refractivity contribution is -0.302. The molecular weight excluding hydrogens is 328 g/mol. The summed E-state index contributed by atoms with van der Waals surface area (Å²) in [4.78, 5) is 14.2. The summed E-state index contributed by atoms with van der Waals surface area (Å²) in [5.41, 5.74) is 1.08. The summed E-state index contributed by atoms with van der Waals surface area (Å²) in [6.07, 6.45) is 0. The highest BCUT2D eigenvalue weighted by atomic mass is 17.1. The summed E-state index contributed by atoms with van der Waals surface area (Å²) in [5.74, 6) is 0.487. The third-order valence-electron chi connectivity index (χ3n) is 4.25. The molecule has 1 unspecified atom stereocenters. The van der Waals surface area contributed by atoms with Crippen LogP contribution in [-0.4, -0.2) is 21.9 Å². The summed E-state index contributed by atoms with van der Waals surface area (Å²) >= 11 is 0. The number of rotatable bonds is 4. The lowest BCUT2D eigenvalue weighted by Gasteiger charge is -2.24. The molecule has 2 N–H and O–H groups in total. The van der Waals surface area contributed by atoms with Gasteiger partial charge in [-0.3, -0.25) is 0 Å². The normalized spacial score (nSPS) is 19.1. The van der Waals surface area contributed by atoms with Crippen molar-refractivity contribution in [1.29, 1.82) is 0 Å². The van der Waals surface area contributed by atoms with Gasteiger partial charge in [0.05, 0.1) is 0 Å². The lowest BCUT2D eigenvalue weighted by Crippen LogP contribution is -2.34. The van der Waals surface area contributed by atoms with E-state index in [0.29, 0.717) is 22.7 Å². The van der Waals surface area contributed by atoms with Crippen molar-refractivity contribution in [3.8, 4) is 5.75 Å². The second-order valence-electron chi connectivity index (χ2n) is 5.91. The molecule has 0 fully saturated rings. The molecule has 0 radical (unpaired) electrons. The SMILES string of the molecule is OOC1(c2ccccc2)N=C(c2cccc(O)c2)N=C1c1ccccc1. The molecule has 1 aliphatic heterocycles. The van der Waals surface area contributed by atoms with Crippen LogP contribution in [0.4, 0.5) is 0 Å². The van der Waals surface area contributed by atoms with Crippen LogP contribution in [0.2, 0.25) is 0 Å². The second kappa shape index (κ2) is 6.55. The zero-order valence-electron chi connectivity index (χ0n) is 13.8. The maximum atomic E-state index is 9.88. The minimum atomic E-state index is -1.47. The zero-order valence-corrected chi connectivity index (χ0v) is 13.8. The number of aliphatic imine (C=N–C) groups is 2. The van der Waals surface area contributed by atoms with Crippen LogP contribution in [0.3, 0.4) is 0 Å². The standard InChI is InChI=1S/C21H16N2O3/c24-18-13-7-10-16(14-18)20-22-19(15-8-3-1-4-9-15)21(23-20,26-25)17-11-5-2-6-12-17/h1-14,24-25H. The molecule has 0 saturated carbocycles. The molecule has 4 rings (SSSR count). The Kier molecular flexibility index (Phi) is 4.08. The number of phenols is 1. The largest absolute Gasteiger partial charge is 0.508 e. The summed E-state index contributed by atoms with van der Waals surface area (Å²) < 4.78 is 0. The third kappa shape index (κ3) is 2.69. The van der Waals surface area contributed by atoms with Gasteiger partial charge in [-0.2, -0.15) is 4.89 Å². The molecule has 3 aromatic rings. The average molecular weight is 344 g/mol. The van der Waals surface area contributed by atoms with E-state index in [1.165, 1.54) is 0 Å². The van der Waals surface area contributed by atoms with Gasteiger partial charge in [-0.25, -0.2) is 15.2 Å². The van der Waals surface area contributed by atoms with Crippen LogP contribution < -0.4 is 0 Å². The molecule has 3 aromatic carbocycles. The Bertz CT molecular complexity index is 984. The van der Waals surface area contributed by atoms with Gasteiger partial charge in [-0.1, -0.05) is 72.8 Å². The van der Waals surface area contributed by atoms with E-state index in [1.54, 1.807) is 24.3 Å². The van der Waals surface area contributed by atoms with Gasteiger partial charge in [-0.05, 0) is 12.1 Å². The quantitative estimate of drug-likeness (QED) is 0.555. The van der Waals surface area contributed by atoms with Crippen LogP contribution in [0, 0.1) is 0 Å². The fraction of sp³-hybridized carbons (Fsp3) is 0.0476. The molecule has 5 nitrogen and oxygen atoms in total. The number of hydrogen-bond acceptors (Lipinski definition) is 5. The van der Waals surface area contributed by atoms with Crippen LogP contribution >= 0.6 is 0 Å². The second-order valence-corrected chi connectivity index (χ2v) is 5.91. The van der Waals surface area contributed by atoms with E-state index in [0.717, 1.165) is 5.56 Å². The van der Waals surface area contributed by atoms with Crippen LogP contribution in [0.15, 0.2) is 94.9 Å². The van der Waals surface area contributed by atoms with E-state index in [4.69, 9.17) is 4.89 Å². The molecule has 1 aliphatic rings. The highest BCUT2D eigenvalue weighted by molar-refractivity contribution is 6.20. The maximum absolute atomic E-state index is 9.88. The number of nitrogens with zero attached hydrogens (tertiary/aromatic N) is 2. The van der Waals surface area contributed by atoms with E-state index >= 15 is 0 Å². The van der Waals surface area contributed by atoms with Gasteiger partial charge in [0.25, 0.3) is 5.72 Å². The lowest BCUT2D eigenvalue weighted by atomic mass is 9.93. The van der Waals surface area contributed by atoms with Crippen LogP contribution in [-0.2, 0) is 10.6 Å². The summed E-state index contributed by atoms with van der Waals surface area (Å²) in [7, 11) is 0. The van der Waals surface area contributed by atoms with Gasteiger partial charge in [0.1, 0.15) is 11.5 Å². The topological polar surface area (TPSA) is 74.4 Å². The molecular formula is C21H16N2O3. The number of aromatic hydroxyl groups is 1. The first-order valence-corrected chi connectivity index (χ1v) is 8.15. The number of benzene rings is 3. The minimum absolute atomic E-state index is 0.115. The van der Waals surface area contributed by atoms with E-state index in [9.17, 15) is 10.4 Å². The van der Waals surface area contributed by atoms with E-state index < -0.39 is 5.72 Å². The third-order valence-corrected chi connectivity index (χ3v) is 4.25. The zero-order chi connectivity index (χ0) is 18.0. The molecule has 1 heterocycles. The Labute approximate surface area is 150 Å². The van der Waals surface area contributed by atoms with Crippen LogP contribution in [0.5, 0.6) is 5.75 Å². The molecule has 0 spiro atoms. The van der Waals surface area contributed by atoms with Crippen molar-refractivity contribution in [1.82, 2.24) is 0 Å². The molecule has 5 heteroatoms. The van der Waals surface area contributed by atoms with Crippen molar-refractivity contribution < 1.29 is 15.3 Å². The highest BCUT2D eigenvalue weighted by Crippen LogP contribution is 2.36. The fourth-order valence-electron chi connectivity index (χ4n) is 3.02. The number of amidine groups is 1. The van der Waals surface area contributed by atoms with Crippen molar-refractivity contribution in [3.05, 3.63) is 102 Å². The van der Waals surface area contributed by atoms with Gasteiger partial charge in [0.15, 0.2) is 5.84 Å². The predicted octanol–water partition coefficient (Wildman–Crippen LogP) is 3.98. The van der Waals surface area contributed by atoms with Gasteiger partial charge in [0.2, 0.25) is 0 Å². The molecule has 0 bridgehead atoms. The average Bonchev–Trinajstić information content (AvgIpc) is 3.10. The smallest absolute Gasteiger partial charge is 0.262 e. The monoisotopic (exact) mass is 344 g/mol. The highest BCUT2D eigenvalue weighted by Gasteiger charge is 2.45. The molecule has 0 aliphatic carbocycles. The van der Waals surface area contributed by atoms with E-state index in [2.05, 4.69) is 9.98 Å². The van der Waals surface area contributed by atoms with E-state index in [-0.39, 0.29) is 5.75 Å². The van der Waals surface area contributed by atoms with Gasteiger partial charge in [-0.15, -0.1) is 0 Å². The first-order valence-electron chi connectivity index (χ1n) is 8.15. The van der Waals surface area contributed by atoms with Crippen molar-refractivity contribution in [2.45, 2.75) is 5.72 Å². The Morgan fingerprint density at radius 1 is 0.769 bits per heavy atom. The molecule has 0 amide bonds.